The zero-order valence-corrected chi connectivity index (χ0v) is 21.2. The van der Waals surface area contributed by atoms with Crippen LogP contribution < -0.4 is 19.5 Å². The number of anilines is 2. The maximum Gasteiger partial charge on any atom is 0.262 e. The molecule has 0 heterocycles. The van der Waals surface area contributed by atoms with Gasteiger partial charge in [-0.1, -0.05) is 25.5 Å². The summed E-state index contributed by atoms with van der Waals surface area (Å²) in [6.45, 7) is 6.12. The van der Waals surface area contributed by atoms with Gasteiger partial charge in [-0.2, -0.15) is 0 Å². The lowest BCUT2D eigenvalue weighted by Crippen LogP contribution is -2.20. The fraction of sp³-hybridized carbons (Fsp3) is 0.296. The number of amides is 1. The smallest absolute Gasteiger partial charge is 0.262 e. The largest absolute Gasteiger partial charge is 0.494 e. The molecule has 0 aliphatic carbocycles. The molecule has 0 bridgehead atoms. The first kappa shape index (κ1) is 26.1. The predicted molar refractivity (Wildman–Crippen MR) is 139 cm³/mol. The Bertz CT molecular complexity index is 1220. The molecule has 0 saturated carbocycles. The van der Waals surface area contributed by atoms with Crippen molar-refractivity contribution in [2.75, 3.05) is 23.3 Å². The number of sulfonamides is 1. The van der Waals surface area contributed by atoms with Crippen LogP contribution in [0.3, 0.4) is 0 Å². The fourth-order valence-corrected chi connectivity index (χ4v) is 4.57. The first-order valence-corrected chi connectivity index (χ1v) is 13.2. The van der Waals surface area contributed by atoms with Crippen LogP contribution in [0.25, 0.3) is 0 Å². The van der Waals surface area contributed by atoms with E-state index in [4.69, 9.17) is 9.47 Å². The number of ether oxygens (including phenoxy) is 2. The molecule has 0 fully saturated rings. The third kappa shape index (κ3) is 7.75. The Balaban J connectivity index is 1.56. The number of unbranched alkanes of at least 4 members (excludes halogenated alkanes) is 1. The lowest BCUT2D eigenvalue weighted by Gasteiger charge is -2.13. The maximum absolute atomic E-state index is 12.8. The van der Waals surface area contributed by atoms with Crippen LogP contribution in [0.15, 0.2) is 71.6 Å². The van der Waals surface area contributed by atoms with Gasteiger partial charge >= 0.3 is 0 Å². The van der Waals surface area contributed by atoms with E-state index in [9.17, 15) is 13.2 Å². The number of hydrogen-bond acceptors (Lipinski definition) is 5. The molecule has 186 valence electrons. The van der Waals surface area contributed by atoms with Crippen LogP contribution in [0.4, 0.5) is 11.4 Å². The third-order valence-corrected chi connectivity index (χ3v) is 6.67. The summed E-state index contributed by atoms with van der Waals surface area (Å²) >= 11 is 0. The topological polar surface area (TPSA) is 93.7 Å². The van der Waals surface area contributed by atoms with Gasteiger partial charge in [-0.25, -0.2) is 8.42 Å². The molecule has 0 aliphatic rings. The van der Waals surface area contributed by atoms with Crippen molar-refractivity contribution in [2.45, 2.75) is 44.9 Å². The Kier molecular flexibility index (Phi) is 9.14. The highest BCUT2D eigenvalue weighted by atomic mass is 32.2. The summed E-state index contributed by atoms with van der Waals surface area (Å²) in [5, 5.41) is 2.81. The van der Waals surface area contributed by atoms with Crippen LogP contribution in [0.1, 0.15) is 37.8 Å². The van der Waals surface area contributed by atoms with E-state index in [0.717, 1.165) is 19.3 Å². The van der Waals surface area contributed by atoms with E-state index < -0.39 is 10.0 Å². The molecular formula is C27H32N2O5S. The van der Waals surface area contributed by atoms with Gasteiger partial charge in [0.2, 0.25) is 0 Å². The van der Waals surface area contributed by atoms with E-state index in [1.165, 1.54) is 17.7 Å². The minimum Gasteiger partial charge on any atom is -0.494 e. The molecule has 0 unspecified atom stereocenters. The second-order valence-electron chi connectivity index (χ2n) is 8.13. The summed E-state index contributed by atoms with van der Waals surface area (Å²) in [5.41, 5.74) is 2.98. The van der Waals surface area contributed by atoms with Crippen molar-refractivity contribution >= 4 is 27.3 Å². The molecule has 1 amide bonds. The zero-order chi connectivity index (χ0) is 25.3. The summed E-state index contributed by atoms with van der Waals surface area (Å²) < 4.78 is 39.1. The molecule has 0 spiro atoms. The van der Waals surface area contributed by atoms with E-state index in [1.807, 2.05) is 31.2 Å². The van der Waals surface area contributed by atoms with Crippen molar-refractivity contribution in [1.82, 2.24) is 0 Å². The molecule has 3 rings (SSSR count). The molecule has 35 heavy (non-hydrogen) atoms. The van der Waals surface area contributed by atoms with E-state index in [2.05, 4.69) is 17.0 Å². The van der Waals surface area contributed by atoms with Gasteiger partial charge in [0.1, 0.15) is 11.5 Å². The number of rotatable bonds is 12. The average molecular weight is 497 g/mol. The van der Waals surface area contributed by atoms with Crippen LogP contribution in [0.5, 0.6) is 11.5 Å². The van der Waals surface area contributed by atoms with Crippen molar-refractivity contribution in [3.05, 3.63) is 77.9 Å². The van der Waals surface area contributed by atoms with Gasteiger partial charge in [0.15, 0.2) is 6.61 Å². The van der Waals surface area contributed by atoms with Gasteiger partial charge in [0, 0.05) is 11.4 Å². The molecule has 3 aromatic carbocycles. The Morgan fingerprint density at radius 1 is 0.886 bits per heavy atom. The highest BCUT2D eigenvalue weighted by molar-refractivity contribution is 7.92. The minimum absolute atomic E-state index is 0.101. The second-order valence-corrected chi connectivity index (χ2v) is 9.81. The number of benzene rings is 3. The monoisotopic (exact) mass is 496 g/mol. The number of nitrogens with one attached hydrogen (secondary N) is 2. The first-order valence-electron chi connectivity index (χ1n) is 11.7. The van der Waals surface area contributed by atoms with Crippen LogP contribution >= 0.6 is 0 Å². The number of carbonyl (C=O) groups is 1. The van der Waals surface area contributed by atoms with Gasteiger partial charge in [0.25, 0.3) is 15.9 Å². The van der Waals surface area contributed by atoms with Crippen LogP contribution in [-0.2, 0) is 21.2 Å². The molecule has 0 atom stereocenters. The van der Waals surface area contributed by atoms with Gasteiger partial charge in [-0.3, -0.25) is 9.52 Å². The van der Waals surface area contributed by atoms with E-state index >= 15 is 0 Å². The van der Waals surface area contributed by atoms with Gasteiger partial charge < -0.3 is 14.8 Å². The standard InChI is InChI=1S/C27H32N2O5S/c1-4-6-7-21-8-10-22(11-9-21)28-27(30)19-34-26-17-16-25(18-20(26)3)35(31,32)29-23-12-14-24(15-13-23)33-5-2/h8-18,29H,4-7,19H2,1-3H3,(H,28,30). The summed E-state index contributed by atoms with van der Waals surface area (Å²) in [7, 11) is -3.78. The average Bonchev–Trinajstić information content (AvgIpc) is 2.84. The molecule has 0 saturated heterocycles. The molecule has 2 N–H and O–H groups in total. The van der Waals surface area contributed by atoms with Gasteiger partial charge in [-0.05, 0) is 92.4 Å². The van der Waals surface area contributed by atoms with E-state index in [-0.39, 0.29) is 17.4 Å². The lowest BCUT2D eigenvalue weighted by molar-refractivity contribution is -0.118. The number of hydrogen-bond donors (Lipinski definition) is 2. The molecule has 7 nitrogen and oxygen atoms in total. The Labute approximate surface area is 207 Å². The Morgan fingerprint density at radius 2 is 1.57 bits per heavy atom. The quantitative estimate of drug-likeness (QED) is 0.343. The summed E-state index contributed by atoms with van der Waals surface area (Å²) in [5.74, 6) is 0.815. The van der Waals surface area contributed by atoms with Crippen molar-refractivity contribution in [2.24, 2.45) is 0 Å². The Hall–Kier alpha value is -3.52. The number of carbonyl (C=O) groups excluding carboxylic acids is 1. The molecule has 0 aliphatic heterocycles. The fourth-order valence-electron chi connectivity index (χ4n) is 3.43. The third-order valence-electron chi connectivity index (χ3n) is 5.29. The Morgan fingerprint density at radius 3 is 2.20 bits per heavy atom. The first-order chi connectivity index (χ1) is 16.8. The normalized spacial score (nSPS) is 11.1. The van der Waals surface area contributed by atoms with E-state index in [0.29, 0.717) is 35.0 Å². The van der Waals surface area contributed by atoms with Crippen molar-refractivity contribution in [3.8, 4) is 11.5 Å². The summed E-state index contributed by atoms with van der Waals surface area (Å²) in [4.78, 5) is 12.4. The molecule has 8 heteroatoms. The number of aryl methyl sites for hydroxylation is 2. The van der Waals surface area contributed by atoms with Crippen molar-refractivity contribution in [3.63, 3.8) is 0 Å². The van der Waals surface area contributed by atoms with Crippen LogP contribution in [0, 0.1) is 6.92 Å². The lowest BCUT2D eigenvalue weighted by atomic mass is 10.1. The molecule has 0 aromatic heterocycles. The highest BCUT2D eigenvalue weighted by Crippen LogP contribution is 2.24. The minimum atomic E-state index is -3.78. The maximum atomic E-state index is 12.8. The van der Waals surface area contributed by atoms with E-state index in [1.54, 1.807) is 37.3 Å². The van der Waals surface area contributed by atoms with Crippen molar-refractivity contribution < 1.29 is 22.7 Å². The van der Waals surface area contributed by atoms with Gasteiger partial charge in [0.05, 0.1) is 11.5 Å². The molecular weight excluding hydrogens is 464 g/mol. The predicted octanol–water partition coefficient (Wildman–Crippen LogP) is 5.55. The van der Waals surface area contributed by atoms with Crippen molar-refractivity contribution in [1.29, 1.82) is 0 Å². The summed E-state index contributed by atoms with van der Waals surface area (Å²) in [6, 6.07) is 19.0. The SMILES string of the molecule is CCCCc1ccc(NC(=O)COc2ccc(S(=O)(=O)Nc3ccc(OCC)cc3)cc2C)cc1. The van der Waals surface area contributed by atoms with Crippen LogP contribution in [0.2, 0.25) is 0 Å². The molecule has 3 aromatic rings. The van der Waals surface area contributed by atoms with Gasteiger partial charge in [-0.15, -0.1) is 0 Å². The zero-order valence-electron chi connectivity index (χ0n) is 20.3. The summed E-state index contributed by atoms with van der Waals surface area (Å²) in [6.07, 6.45) is 3.30. The highest BCUT2D eigenvalue weighted by Gasteiger charge is 2.16. The molecule has 0 radical (unpaired) electrons. The second kappa shape index (κ2) is 12.3. The van der Waals surface area contributed by atoms with Crippen LogP contribution in [-0.4, -0.2) is 27.5 Å².